The standard InChI is InChI=1S/C25H23N3O3S2/c29-23(30)14-19-16-32-25(27-19)28-24(31)22-13-12-20(33-22)15-26-21-9-5-4-8-18(21)11-10-17-6-2-1-3-7-17/h1-9,12-13,16,26H,10-11,14-15H2,(H,29,30)(H,27,28,31). The van der Waals surface area contributed by atoms with Gasteiger partial charge in [-0.25, -0.2) is 4.98 Å². The van der Waals surface area contributed by atoms with Gasteiger partial charge in [-0.15, -0.1) is 22.7 Å². The number of anilines is 2. The predicted molar refractivity (Wildman–Crippen MR) is 133 cm³/mol. The minimum absolute atomic E-state index is 0.159. The summed E-state index contributed by atoms with van der Waals surface area (Å²) in [6.45, 7) is 0.625. The maximum absolute atomic E-state index is 12.5. The van der Waals surface area contributed by atoms with Crippen molar-refractivity contribution >= 4 is 45.4 Å². The van der Waals surface area contributed by atoms with Crippen LogP contribution in [-0.2, 0) is 30.6 Å². The van der Waals surface area contributed by atoms with Gasteiger partial charge in [0.1, 0.15) is 0 Å². The van der Waals surface area contributed by atoms with E-state index in [1.807, 2.05) is 18.2 Å². The fourth-order valence-corrected chi connectivity index (χ4v) is 4.92. The van der Waals surface area contributed by atoms with E-state index in [0.717, 1.165) is 23.4 Å². The lowest BCUT2D eigenvalue weighted by Crippen LogP contribution is -2.10. The van der Waals surface area contributed by atoms with E-state index >= 15 is 0 Å². The van der Waals surface area contributed by atoms with Gasteiger partial charge in [0, 0.05) is 22.5 Å². The summed E-state index contributed by atoms with van der Waals surface area (Å²) < 4.78 is 0. The number of hydrogen-bond donors (Lipinski definition) is 3. The number of benzene rings is 2. The molecule has 0 unspecified atom stereocenters. The average Bonchev–Trinajstić information content (AvgIpc) is 3.47. The van der Waals surface area contributed by atoms with Gasteiger partial charge in [-0.2, -0.15) is 0 Å². The highest BCUT2D eigenvalue weighted by atomic mass is 32.1. The molecule has 2 aromatic carbocycles. The Morgan fingerprint density at radius 3 is 2.55 bits per heavy atom. The van der Waals surface area contributed by atoms with E-state index in [0.29, 0.717) is 22.2 Å². The quantitative estimate of drug-likeness (QED) is 0.281. The van der Waals surface area contributed by atoms with E-state index in [4.69, 9.17) is 5.11 Å². The van der Waals surface area contributed by atoms with Gasteiger partial charge in [0.25, 0.3) is 5.91 Å². The summed E-state index contributed by atoms with van der Waals surface area (Å²) in [7, 11) is 0. The van der Waals surface area contributed by atoms with E-state index < -0.39 is 5.97 Å². The first-order valence-electron chi connectivity index (χ1n) is 10.5. The number of carboxylic acids is 1. The van der Waals surface area contributed by atoms with Gasteiger partial charge in [0.2, 0.25) is 0 Å². The van der Waals surface area contributed by atoms with Crippen LogP contribution in [-0.4, -0.2) is 22.0 Å². The van der Waals surface area contributed by atoms with Gasteiger partial charge in [0.15, 0.2) is 5.13 Å². The molecule has 2 heterocycles. The highest BCUT2D eigenvalue weighted by molar-refractivity contribution is 7.15. The zero-order valence-electron chi connectivity index (χ0n) is 17.8. The third-order valence-electron chi connectivity index (χ3n) is 4.99. The molecule has 1 amide bonds. The number of amides is 1. The number of thiophene rings is 1. The van der Waals surface area contributed by atoms with E-state index in [1.165, 1.54) is 33.8 Å². The molecular weight excluding hydrogens is 454 g/mol. The molecule has 6 nitrogen and oxygen atoms in total. The number of aliphatic carboxylic acids is 1. The van der Waals surface area contributed by atoms with Crippen molar-refractivity contribution in [2.75, 3.05) is 10.6 Å². The van der Waals surface area contributed by atoms with Crippen molar-refractivity contribution in [3.05, 3.63) is 98.7 Å². The average molecular weight is 478 g/mol. The minimum Gasteiger partial charge on any atom is -0.481 e. The molecule has 0 fully saturated rings. The Balaban J connectivity index is 1.33. The van der Waals surface area contributed by atoms with Crippen LogP contribution in [0.5, 0.6) is 0 Å². The highest BCUT2D eigenvalue weighted by Gasteiger charge is 2.13. The van der Waals surface area contributed by atoms with Crippen molar-refractivity contribution in [2.24, 2.45) is 0 Å². The van der Waals surface area contributed by atoms with Crippen LogP contribution in [0.15, 0.2) is 72.1 Å². The van der Waals surface area contributed by atoms with Crippen molar-refractivity contribution < 1.29 is 14.7 Å². The van der Waals surface area contributed by atoms with Gasteiger partial charge in [-0.3, -0.25) is 14.9 Å². The number of carboxylic acid groups (broad SMARTS) is 1. The lowest BCUT2D eigenvalue weighted by Gasteiger charge is -2.11. The number of carbonyl (C=O) groups is 2. The lowest BCUT2D eigenvalue weighted by atomic mass is 10.0. The SMILES string of the molecule is O=C(O)Cc1csc(NC(=O)c2ccc(CNc3ccccc3CCc3ccccc3)s2)n1. The molecule has 0 bridgehead atoms. The van der Waals surface area contributed by atoms with Gasteiger partial charge in [-0.05, 0) is 42.2 Å². The van der Waals surface area contributed by atoms with Crippen LogP contribution in [0.25, 0.3) is 0 Å². The van der Waals surface area contributed by atoms with Crippen molar-refractivity contribution in [1.29, 1.82) is 0 Å². The monoisotopic (exact) mass is 477 g/mol. The second kappa shape index (κ2) is 10.9. The summed E-state index contributed by atoms with van der Waals surface area (Å²) in [6, 6.07) is 22.5. The van der Waals surface area contributed by atoms with Crippen molar-refractivity contribution in [2.45, 2.75) is 25.8 Å². The number of carbonyl (C=O) groups excluding carboxylic acids is 1. The van der Waals surface area contributed by atoms with Gasteiger partial charge >= 0.3 is 5.97 Å². The summed E-state index contributed by atoms with van der Waals surface area (Å²) in [5.74, 6) is -1.19. The van der Waals surface area contributed by atoms with Gasteiger partial charge in [0.05, 0.1) is 17.0 Å². The second-order valence-electron chi connectivity index (χ2n) is 7.43. The van der Waals surface area contributed by atoms with Crippen LogP contribution in [0.1, 0.15) is 31.4 Å². The zero-order valence-corrected chi connectivity index (χ0v) is 19.4. The highest BCUT2D eigenvalue weighted by Crippen LogP contribution is 2.23. The number of nitrogens with one attached hydrogen (secondary N) is 2. The first-order valence-corrected chi connectivity index (χ1v) is 12.2. The largest absolute Gasteiger partial charge is 0.481 e. The Hall–Kier alpha value is -3.49. The third kappa shape index (κ3) is 6.50. The normalized spacial score (nSPS) is 10.7. The first kappa shape index (κ1) is 22.7. The van der Waals surface area contributed by atoms with Crippen molar-refractivity contribution in [1.82, 2.24) is 4.98 Å². The number of aryl methyl sites for hydroxylation is 2. The number of thiazole rings is 1. The van der Waals surface area contributed by atoms with Crippen molar-refractivity contribution in [3.63, 3.8) is 0 Å². The molecule has 0 radical (unpaired) electrons. The third-order valence-corrected chi connectivity index (χ3v) is 6.88. The number of nitrogens with zero attached hydrogens (tertiary/aromatic N) is 1. The Morgan fingerprint density at radius 2 is 1.73 bits per heavy atom. The first-order chi connectivity index (χ1) is 16.1. The minimum atomic E-state index is -0.949. The van der Waals surface area contributed by atoms with Crippen LogP contribution in [0.3, 0.4) is 0 Å². The van der Waals surface area contributed by atoms with Crippen LogP contribution < -0.4 is 10.6 Å². The van der Waals surface area contributed by atoms with E-state index in [1.54, 1.807) is 11.4 Å². The molecule has 0 spiro atoms. The molecule has 0 aliphatic heterocycles. The molecule has 0 saturated heterocycles. The molecule has 3 N–H and O–H groups in total. The molecule has 4 rings (SSSR count). The van der Waals surface area contributed by atoms with Crippen LogP contribution in [0, 0.1) is 0 Å². The second-order valence-corrected chi connectivity index (χ2v) is 9.46. The Labute approximate surface area is 200 Å². The Bertz CT molecular complexity index is 1230. The van der Waals surface area contributed by atoms with E-state index in [-0.39, 0.29) is 12.3 Å². The van der Waals surface area contributed by atoms with E-state index in [9.17, 15) is 9.59 Å². The van der Waals surface area contributed by atoms with Gasteiger partial charge in [-0.1, -0.05) is 48.5 Å². The van der Waals surface area contributed by atoms with Crippen LogP contribution in [0.4, 0.5) is 10.8 Å². The molecule has 168 valence electrons. The fourth-order valence-electron chi connectivity index (χ4n) is 3.37. The smallest absolute Gasteiger partial charge is 0.309 e. The predicted octanol–water partition coefficient (Wildman–Crippen LogP) is 5.48. The van der Waals surface area contributed by atoms with E-state index in [2.05, 4.69) is 58.1 Å². The molecule has 0 aliphatic carbocycles. The van der Waals surface area contributed by atoms with Gasteiger partial charge < -0.3 is 10.4 Å². The molecule has 2 aromatic heterocycles. The summed E-state index contributed by atoms with van der Waals surface area (Å²) in [5, 5.41) is 17.1. The maximum atomic E-state index is 12.5. The summed E-state index contributed by atoms with van der Waals surface area (Å²) in [6.07, 6.45) is 1.77. The topological polar surface area (TPSA) is 91.3 Å². The Morgan fingerprint density at radius 1 is 0.939 bits per heavy atom. The molecule has 33 heavy (non-hydrogen) atoms. The lowest BCUT2D eigenvalue weighted by molar-refractivity contribution is -0.136. The summed E-state index contributed by atoms with van der Waals surface area (Å²) in [5.41, 5.74) is 4.11. The van der Waals surface area contributed by atoms with Crippen molar-refractivity contribution in [3.8, 4) is 0 Å². The molecule has 4 aromatic rings. The van der Waals surface area contributed by atoms with Crippen LogP contribution >= 0.6 is 22.7 Å². The summed E-state index contributed by atoms with van der Waals surface area (Å²) >= 11 is 2.64. The molecule has 8 heteroatoms. The zero-order chi connectivity index (χ0) is 23.0. The molecule has 0 atom stereocenters. The summed E-state index contributed by atoms with van der Waals surface area (Å²) in [4.78, 5) is 29.1. The fraction of sp³-hybridized carbons (Fsp3) is 0.160. The molecule has 0 saturated carbocycles. The molecule has 0 aliphatic rings. The number of para-hydroxylation sites is 1. The Kier molecular flexibility index (Phi) is 7.49. The van der Waals surface area contributed by atoms with Crippen LogP contribution in [0.2, 0.25) is 0 Å². The number of hydrogen-bond acceptors (Lipinski definition) is 6. The molecular formula is C25H23N3O3S2. The maximum Gasteiger partial charge on any atom is 0.309 e. The number of rotatable bonds is 10. The number of aromatic nitrogens is 1.